The number of alkyl halides is 1. The molecule has 7 rings (SSSR count). The third-order valence-electron chi connectivity index (χ3n) is 8.22. The van der Waals surface area contributed by atoms with Crippen LogP contribution in [0.2, 0.25) is 0 Å². The first-order chi connectivity index (χ1) is 23.1. The van der Waals surface area contributed by atoms with Crippen LogP contribution in [-0.4, -0.2) is 102 Å². The average Bonchev–Trinajstić information content (AvgIpc) is 3.86. The van der Waals surface area contributed by atoms with Crippen LogP contribution in [0.25, 0.3) is 22.3 Å². The number of carbonyl (C=O) groups is 1. The van der Waals surface area contributed by atoms with Gasteiger partial charge in [0.25, 0.3) is 11.5 Å². The number of hydrogen-bond acceptors (Lipinski definition) is 14. The van der Waals surface area contributed by atoms with Gasteiger partial charge in [-0.3, -0.25) is 18.3 Å². The number of halogens is 1. The predicted octanol–water partition coefficient (Wildman–Crippen LogP) is -0.0222. The maximum Gasteiger partial charge on any atom is 0.336 e. The summed E-state index contributed by atoms with van der Waals surface area (Å²) < 4.78 is 63.2. The lowest BCUT2D eigenvalue weighted by molar-refractivity contribution is -0.0403. The highest BCUT2D eigenvalue weighted by molar-refractivity contribution is 7.84. The third kappa shape index (κ3) is 5.90. The van der Waals surface area contributed by atoms with E-state index in [1.807, 2.05) is 0 Å². The SMILES string of the molecule is C[C@H]1[C@@H](F)[C@H](n2nnc3c(=O)[nH]cnc32)O[C@@H]1COS(=O)(=O)N[C@H]1C[C@H](n2cnc3c(NC(=O)c4ccccc4)ncnc32)O[C@@H]1CO. The molecule has 1 aromatic carbocycles. The maximum atomic E-state index is 15.3. The minimum absolute atomic E-state index is 0.00517. The molecule has 0 radical (unpaired) electrons. The van der Waals surface area contributed by atoms with E-state index < -0.39 is 77.8 Å². The number of H-pyrrole nitrogens is 1. The van der Waals surface area contributed by atoms with E-state index in [1.165, 1.54) is 19.6 Å². The number of rotatable bonds is 10. The van der Waals surface area contributed by atoms with Crippen molar-refractivity contribution in [3.63, 3.8) is 0 Å². The number of imidazole rings is 1. The summed E-state index contributed by atoms with van der Waals surface area (Å²) in [5.41, 5.74) is 0.339. The van der Waals surface area contributed by atoms with Crippen LogP contribution in [0.1, 0.15) is 36.2 Å². The van der Waals surface area contributed by atoms with Gasteiger partial charge in [-0.05, 0) is 12.1 Å². The predicted molar refractivity (Wildman–Crippen MR) is 161 cm³/mol. The summed E-state index contributed by atoms with van der Waals surface area (Å²) >= 11 is 0. The topological polar surface area (TPSA) is 243 Å². The number of nitrogens with zero attached hydrogens (tertiary/aromatic N) is 8. The monoisotopic (exact) mass is 685 g/mol. The van der Waals surface area contributed by atoms with Gasteiger partial charge < -0.3 is 24.9 Å². The number of benzene rings is 1. The summed E-state index contributed by atoms with van der Waals surface area (Å²) in [7, 11) is -4.46. The zero-order valence-corrected chi connectivity index (χ0v) is 25.8. The zero-order valence-electron chi connectivity index (χ0n) is 25.0. The van der Waals surface area contributed by atoms with Crippen LogP contribution in [0, 0.1) is 5.92 Å². The second-order valence-electron chi connectivity index (χ2n) is 11.2. The molecule has 252 valence electrons. The largest absolute Gasteiger partial charge is 0.394 e. The van der Waals surface area contributed by atoms with E-state index in [9.17, 15) is 23.1 Å². The summed E-state index contributed by atoms with van der Waals surface area (Å²) in [4.78, 5) is 43.7. The van der Waals surface area contributed by atoms with Crippen molar-refractivity contribution in [1.82, 2.24) is 49.2 Å². The first-order valence-corrected chi connectivity index (χ1v) is 16.1. The molecule has 0 unspecified atom stereocenters. The Labute approximate surface area is 269 Å². The second kappa shape index (κ2) is 12.7. The Morgan fingerprint density at radius 2 is 1.94 bits per heavy atom. The lowest BCUT2D eigenvalue weighted by Crippen LogP contribution is -2.43. The van der Waals surface area contributed by atoms with Gasteiger partial charge >= 0.3 is 10.3 Å². The van der Waals surface area contributed by atoms with Crippen molar-refractivity contribution in [2.75, 3.05) is 18.5 Å². The number of aliphatic hydroxyl groups is 1. The van der Waals surface area contributed by atoms with Crippen LogP contribution < -0.4 is 15.6 Å². The van der Waals surface area contributed by atoms with E-state index in [0.29, 0.717) is 11.2 Å². The molecular formula is C27H28FN11O8S. The Kier molecular flexibility index (Phi) is 8.39. The van der Waals surface area contributed by atoms with Gasteiger partial charge in [0.05, 0.1) is 44.1 Å². The molecule has 0 bridgehead atoms. The molecule has 0 saturated carbocycles. The van der Waals surface area contributed by atoms with Gasteiger partial charge in [-0.15, -0.1) is 5.10 Å². The highest BCUT2D eigenvalue weighted by atomic mass is 32.2. The zero-order chi connectivity index (χ0) is 33.6. The number of aliphatic hydroxyl groups excluding tert-OH is 1. The van der Waals surface area contributed by atoms with Gasteiger partial charge in [0, 0.05) is 17.9 Å². The molecule has 48 heavy (non-hydrogen) atoms. The van der Waals surface area contributed by atoms with Crippen molar-refractivity contribution in [3.8, 4) is 0 Å². The normalized spacial score (nSPS) is 26.0. The van der Waals surface area contributed by atoms with E-state index in [0.717, 1.165) is 11.0 Å². The van der Waals surface area contributed by atoms with Crippen LogP contribution in [0.15, 0.2) is 54.1 Å². The van der Waals surface area contributed by atoms with Crippen molar-refractivity contribution in [3.05, 3.63) is 65.2 Å². The second-order valence-corrected chi connectivity index (χ2v) is 12.6. The smallest absolute Gasteiger partial charge is 0.336 e. The quantitative estimate of drug-likeness (QED) is 0.151. The molecular weight excluding hydrogens is 657 g/mol. The number of ether oxygens (including phenoxy) is 2. The van der Waals surface area contributed by atoms with E-state index in [4.69, 9.17) is 13.7 Å². The van der Waals surface area contributed by atoms with Crippen LogP contribution in [0.3, 0.4) is 0 Å². The molecule has 21 heteroatoms. The lowest BCUT2D eigenvalue weighted by atomic mass is 10.0. The van der Waals surface area contributed by atoms with E-state index >= 15 is 4.39 Å². The fourth-order valence-electron chi connectivity index (χ4n) is 5.67. The minimum Gasteiger partial charge on any atom is -0.394 e. The van der Waals surface area contributed by atoms with Crippen molar-refractivity contribution in [2.24, 2.45) is 5.92 Å². The molecule has 5 aromatic rings. The fourth-order valence-corrected chi connectivity index (χ4v) is 6.67. The number of hydrogen-bond donors (Lipinski definition) is 4. The number of amides is 1. The van der Waals surface area contributed by atoms with Crippen LogP contribution in [0.4, 0.5) is 10.2 Å². The molecule has 2 aliphatic heterocycles. The molecule has 19 nitrogen and oxygen atoms in total. The minimum atomic E-state index is -4.46. The molecule has 1 amide bonds. The Hall–Kier alpha value is -4.80. The van der Waals surface area contributed by atoms with Crippen molar-refractivity contribution >= 4 is 44.4 Å². The molecule has 2 aliphatic rings. The first-order valence-electron chi connectivity index (χ1n) is 14.7. The summed E-state index contributed by atoms with van der Waals surface area (Å²) in [6.07, 6.45) is -1.94. The van der Waals surface area contributed by atoms with Gasteiger partial charge in [0.2, 0.25) is 0 Å². The number of aromatic amines is 1. The van der Waals surface area contributed by atoms with Crippen LogP contribution in [-0.2, 0) is 24.0 Å². The van der Waals surface area contributed by atoms with E-state index in [1.54, 1.807) is 34.9 Å². The number of fused-ring (bicyclic) bond motifs is 2. The molecule has 7 atom stereocenters. The number of aromatic nitrogens is 9. The Morgan fingerprint density at radius 3 is 2.73 bits per heavy atom. The van der Waals surface area contributed by atoms with Gasteiger partial charge in [0.1, 0.15) is 12.6 Å². The fraction of sp³-hybridized carbons (Fsp3) is 0.407. The summed E-state index contributed by atoms with van der Waals surface area (Å²) in [5.74, 6) is -1.06. The average molecular weight is 686 g/mol. The van der Waals surface area contributed by atoms with Gasteiger partial charge in [-0.1, -0.05) is 30.3 Å². The van der Waals surface area contributed by atoms with E-state index in [2.05, 4.69) is 45.3 Å². The van der Waals surface area contributed by atoms with Crippen molar-refractivity contribution < 1.29 is 36.4 Å². The highest BCUT2D eigenvalue weighted by Crippen LogP contribution is 2.37. The summed E-state index contributed by atoms with van der Waals surface area (Å²) in [6.45, 7) is 0.447. The van der Waals surface area contributed by atoms with Gasteiger partial charge in [0.15, 0.2) is 40.5 Å². The van der Waals surface area contributed by atoms with Crippen molar-refractivity contribution in [1.29, 1.82) is 0 Å². The molecule has 0 spiro atoms. The summed E-state index contributed by atoms with van der Waals surface area (Å²) in [6, 6.07) is 7.61. The molecule has 4 N–H and O–H groups in total. The molecule has 0 aliphatic carbocycles. The highest BCUT2D eigenvalue weighted by Gasteiger charge is 2.46. The first kappa shape index (κ1) is 31.8. The summed E-state index contributed by atoms with van der Waals surface area (Å²) in [5, 5.41) is 20.2. The Morgan fingerprint density at radius 1 is 1.12 bits per heavy atom. The number of nitrogens with one attached hydrogen (secondary N) is 3. The van der Waals surface area contributed by atoms with Crippen molar-refractivity contribution in [2.45, 2.75) is 50.2 Å². The molecule has 4 aromatic heterocycles. The third-order valence-corrected chi connectivity index (χ3v) is 9.26. The van der Waals surface area contributed by atoms with Crippen LogP contribution >= 0.6 is 0 Å². The van der Waals surface area contributed by atoms with Crippen LogP contribution in [0.5, 0.6) is 0 Å². The molecule has 2 saturated heterocycles. The molecule has 6 heterocycles. The van der Waals surface area contributed by atoms with Gasteiger partial charge in [-0.25, -0.2) is 24.3 Å². The van der Waals surface area contributed by atoms with E-state index in [-0.39, 0.29) is 28.9 Å². The number of carbonyl (C=O) groups excluding carboxylic acids is 1. The molecule has 2 fully saturated rings. The standard InChI is InChI=1S/C27H28FN11O8S/c1-13-17(47-27(19(13)28)39-24-21(35-37-39)26(42)32-11-31-24)9-45-48(43,44)36-15-7-18(46-16(15)8-40)38-12-33-20-22(29-10-30-23(20)38)34-25(41)14-5-3-2-4-6-14/h2-6,10-13,15-19,27,36,40H,7-9H2,1H3,(H,31,32,42)(H,29,30,34,41)/t13-,15+,16-,17-,18-,19-,27-/m1/s1. The lowest BCUT2D eigenvalue weighted by Gasteiger charge is -2.19. The maximum absolute atomic E-state index is 15.3. The van der Waals surface area contributed by atoms with Gasteiger partial charge in [-0.2, -0.15) is 17.8 Å². The Bertz CT molecular complexity index is 2130. The number of anilines is 1. The Balaban J connectivity index is 1.01.